The first-order valence-electron chi connectivity index (χ1n) is 6.79. The van der Waals surface area contributed by atoms with E-state index < -0.39 is 0 Å². The van der Waals surface area contributed by atoms with Crippen molar-refractivity contribution in [1.82, 2.24) is 0 Å². The molecule has 0 saturated heterocycles. The zero-order chi connectivity index (χ0) is 14.7. The van der Waals surface area contributed by atoms with Crippen LogP contribution in [0, 0.1) is 0 Å². The van der Waals surface area contributed by atoms with Crippen LogP contribution < -0.4 is 10.5 Å². The Morgan fingerprint density at radius 2 is 1.76 bits per heavy atom. The lowest BCUT2D eigenvalue weighted by Crippen LogP contribution is -1.91. The van der Waals surface area contributed by atoms with E-state index in [9.17, 15) is 0 Å². The van der Waals surface area contributed by atoms with Crippen molar-refractivity contribution in [2.24, 2.45) is 0 Å². The van der Waals surface area contributed by atoms with E-state index in [0.717, 1.165) is 17.2 Å². The fraction of sp³-hybridized carbons (Fsp3) is 0.111. The molecule has 0 aliphatic rings. The van der Waals surface area contributed by atoms with Gasteiger partial charge < -0.3 is 10.5 Å². The Balaban J connectivity index is 1.78. The minimum absolute atomic E-state index is 0.739. The molecule has 0 bridgehead atoms. The van der Waals surface area contributed by atoms with Crippen LogP contribution >= 0.6 is 11.8 Å². The van der Waals surface area contributed by atoms with Crippen LogP contribution in [0.5, 0.6) is 5.75 Å². The predicted molar refractivity (Wildman–Crippen MR) is 90.9 cm³/mol. The number of ether oxygens (including phenoxy) is 1. The second-order valence-electron chi connectivity index (χ2n) is 4.91. The average molecular weight is 295 g/mol. The van der Waals surface area contributed by atoms with E-state index in [1.807, 2.05) is 18.2 Å². The molecule has 3 heteroatoms. The number of benzene rings is 3. The highest BCUT2D eigenvalue weighted by Gasteiger charge is 2.02. The van der Waals surface area contributed by atoms with Crippen molar-refractivity contribution >= 4 is 28.2 Å². The average Bonchev–Trinajstić information content (AvgIpc) is 2.52. The van der Waals surface area contributed by atoms with Gasteiger partial charge in [-0.15, -0.1) is 11.8 Å². The summed E-state index contributed by atoms with van der Waals surface area (Å²) >= 11 is 1.81. The number of hydrogen-bond acceptors (Lipinski definition) is 3. The maximum absolute atomic E-state index is 5.89. The molecule has 0 unspecified atom stereocenters. The summed E-state index contributed by atoms with van der Waals surface area (Å²) in [7, 11) is 1.66. The number of anilines is 1. The summed E-state index contributed by atoms with van der Waals surface area (Å²) in [5.41, 5.74) is 7.80. The molecule has 0 aliphatic carbocycles. The zero-order valence-electron chi connectivity index (χ0n) is 11.9. The van der Waals surface area contributed by atoms with Crippen molar-refractivity contribution in [1.29, 1.82) is 0 Å². The van der Waals surface area contributed by atoms with E-state index in [0.29, 0.717) is 0 Å². The Bertz CT molecular complexity index is 770. The smallest absolute Gasteiger partial charge is 0.121 e. The van der Waals surface area contributed by atoms with E-state index in [1.165, 1.54) is 21.2 Å². The lowest BCUT2D eigenvalue weighted by molar-refractivity contribution is 0.414. The molecule has 0 atom stereocenters. The van der Waals surface area contributed by atoms with Crippen molar-refractivity contribution in [2.75, 3.05) is 12.8 Å². The summed E-state index contributed by atoms with van der Waals surface area (Å²) in [5, 5.41) is 2.54. The van der Waals surface area contributed by atoms with Gasteiger partial charge in [0.2, 0.25) is 0 Å². The number of methoxy groups -OCH3 is 1. The van der Waals surface area contributed by atoms with E-state index in [2.05, 4.69) is 42.5 Å². The number of rotatable bonds is 4. The van der Waals surface area contributed by atoms with Gasteiger partial charge >= 0.3 is 0 Å². The molecule has 0 heterocycles. The van der Waals surface area contributed by atoms with Gasteiger partial charge in [-0.2, -0.15) is 0 Å². The molecule has 3 aromatic carbocycles. The molecule has 0 spiro atoms. The van der Waals surface area contributed by atoms with E-state index in [1.54, 1.807) is 18.9 Å². The number of fused-ring (bicyclic) bond motifs is 1. The number of hydrogen-bond donors (Lipinski definition) is 1. The molecular weight excluding hydrogens is 278 g/mol. The lowest BCUT2D eigenvalue weighted by atomic mass is 10.1. The molecule has 0 aromatic heterocycles. The van der Waals surface area contributed by atoms with Gasteiger partial charge in [-0.1, -0.05) is 30.3 Å². The second kappa shape index (κ2) is 6.10. The predicted octanol–water partition coefficient (Wildman–Crippen LogP) is 4.72. The molecule has 106 valence electrons. The molecule has 2 N–H and O–H groups in total. The van der Waals surface area contributed by atoms with Crippen LogP contribution in [0.4, 0.5) is 5.69 Å². The first-order chi connectivity index (χ1) is 10.2. The van der Waals surface area contributed by atoms with Crippen LogP contribution in [-0.2, 0) is 5.75 Å². The minimum Gasteiger partial charge on any atom is -0.497 e. The quantitative estimate of drug-likeness (QED) is 0.558. The summed E-state index contributed by atoms with van der Waals surface area (Å²) < 4.78 is 5.26. The molecule has 0 saturated carbocycles. The van der Waals surface area contributed by atoms with Crippen molar-refractivity contribution in [2.45, 2.75) is 10.6 Å². The fourth-order valence-electron chi connectivity index (χ4n) is 2.31. The number of thioether (sulfide) groups is 1. The van der Waals surface area contributed by atoms with Crippen molar-refractivity contribution in [3.63, 3.8) is 0 Å². The normalized spacial score (nSPS) is 10.7. The number of nitrogens with two attached hydrogens (primary N) is 1. The Hall–Kier alpha value is -2.13. The third-order valence-corrected chi connectivity index (χ3v) is 4.42. The van der Waals surface area contributed by atoms with Gasteiger partial charge in [-0.3, -0.25) is 0 Å². The monoisotopic (exact) mass is 295 g/mol. The standard InChI is InChI=1S/C18H17NOS/c1-20-17-9-13(8-16(19)11-17)12-21-18-7-6-14-4-2-3-5-15(14)10-18/h2-11H,12,19H2,1H3. The van der Waals surface area contributed by atoms with Gasteiger partial charge in [0.15, 0.2) is 0 Å². The summed E-state index contributed by atoms with van der Waals surface area (Å²) in [6, 6.07) is 20.8. The highest BCUT2D eigenvalue weighted by atomic mass is 32.2. The molecule has 0 radical (unpaired) electrons. The maximum Gasteiger partial charge on any atom is 0.121 e. The zero-order valence-corrected chi connectivity index (χ0v) is 12.7. The molecule has 21 heavy (non-hydrogen) atoms. The highest BCUT2D eigenvalue weighted by Crippen LogP contribution is 2.28. The van der Waals surface area contributed by atoms with Gasteiger partial charge in [0.1, 0.15) is 5.75 Å². The first-order valence-corrected chi connectivity index (χ1v) is 7.78. The van der Waals surface area contributed by atoms with Gasteiger partial charge in [-0.05, 0) is 40.6 Å². The highest BCUT2D eigenvalue weighted by molar-refractivity contribution is 7.98. The molecule has 3 aromatic rings. The van der Waals surface area contributed by atoms with Crippen LogP contribution in [0.3, 0.4) is 0 Å². The van der Waals surface area contributed by atoms with Crippen LogP contribution in [0.25, 0.3) is 10.8 Å². The third kappa shape index (κ3) is 3.31. The first kappa shape index (κ1) is 13.8. The largest absolute Gasteiger partial charge is 0.497 e. The van der Waals surface area contributed by atoms with Gasteiger partial charge in [0.05, 0.1) is 7.11 Å². The van der Waals surface area contributed by atoms with Crippen LogP contribution in [0.15, 0.2) is 65.6 Å². The van der Waals surface area contributed by atoms with Crippen molar-refractivity contribution < 1.29 is 4.74 Å². The second-order valence-corrected chi connectivity index (χ2v) is 5.96. The number of nitrogen functional groups attached to an aromatic ring is 1. The summed E-state index contributed by atoms with van der Waals surface area (Å²) in [6.45, 7) is 0. The van der Waals surface area contributed by atoms with E-state index in [4.69, 9.17) is 10.5 Å². The van der Waals surface area contributed by atoms with Crippen LogP contribution in [-0.4, -0.2) is 7.11 Å². The summed E-state index contributed by atoms with van der Waals surface area (Å²) in [4.78, 5) is 1.26. The van der Waals surface area contributed by atoms with Crippen molar-refractivity contribution in [3.05, 3.63) is 66.2 Å². The third-order valence-electron chi connectivity index (χ3n) is 3.35. The molecule has 0 aliphatic heterocycles. The van der Waals surface area contributed by atoms with Gasteiger partial charge in [0.25, 0.3) is 0 Å². The Labute approximate surface area is 128 Å². The molecule has 0 amide bonds. The van der Waals surface area contributed by atoms with Crippen LogP contribution in [0.1, 0.15) is 5.56 Å². The molecule has 0 fully saturated rings. The summed E-state index contributed by atoms with van der Waals surface area (Å²) in [6.07, 6.45) is 0. The Morgan fingerprint density at radius 3 is 2.57 bits per heavy atom. The molecular formula is C18H17NOS. The lowest BCUT2D eigenvalue weighted by Gasteiger charge is -2.07. The van der Waals surface area contributed by atoms with Gasteiger partial charge in [0, 0.05) is 22.4 Å². The van der Waals surface area contributed by atoms with Crippen molar-refractivity contribution in [3.8, 4) is 5.75 Å². The molecule has 3 rings (SSSR count). The topological polar surface area (TPSA) is 35.2 Å². The van der Waals surface area contributed by atoms with Gasteiger partial charge in [-0.25, -0.2) is 0 Å². The maximum atomic E-state index is 5.89. The Morgan fingerprint density at radius 1 is 0.952 bits per heavy atom. The minimum atomic E-state index is 0.739. The fourth-order valence-corrected chi connectivity index (χ4v) is 3.19. The SMILES string of the molecule is COc1cc(N)cc(CSc2ccc3ccccc3c2)c1. The summed E-state index contributed by atoms with van der Waals surface area (Å²) in [5.74, 6) is 1.68. The Kier molecular flexibility index (Phi) is 4.02. The van der Waals surface area contributed by atoms with E-state index in [-0.39, 0.29) is 0 Å². The molecule has 2 nitrogen and oxygen atoms in total. The van der Waals surface area contributed by atoms with E-state index >= 15 is 0 Å². The van der Waals surface area contributed by atoms with Crippen LogP contribution in [0.2, 0.25) is 0 Å².